The van der Waals surface area contributed by atoms with Gasteiger partial charge >= 0.3 is 10.3 Å². The molecule has 0 atom stereocenters. The molecule has 0 aliphatic heterocycles. The number of hydrogen-bond acceptors (Lipinski definition) is 4. The van der Waals surface area contributed by atoms with Crippen molar-refractivity contribution in [3.8, 4) is 0 Å². The van der Waals surface area contributed by atoms with Gasteiger partial charge < -0.3 is 0 Å². The molecule has 0 saturated heterocycles. The first kappa shape index (κ1) is 7.45. The Morgan fingerprint density at radius 2 is 2.40 bits per heavy atom. The van der Waals surface area contributed by atoms with E-state index < -0.39 is 10.3 Å². The molecule has 5 nitrogen and oxygen atoms in total. The van der Waals surface area contributed by atoms with Crippen LogP contribution in [0.2, 0.25) is 0 Å². The molecule has 0 bridgehead atoms. The number of nitrogens with zero attached hydrogens (tertiary/aromatic N) is 1. The summed E-state index contributed by atoms with van der Waals surface area (Å²) >= 11 is 1.09. The van der Waals surface area contributed by atoms with Gasteiger partial charge in [0.25, 0.3) is 0 Å². The van der Waals surface area contributed by atoms with E-state index >= 15 is 0 Å². The summed E-state index contributed by atoms with van der Waals surface area (Å²) in [7, 11) is -4.15. The minimum absolute atomic E-state index is 0.155. The number of thiazole rings is 1. The second kappa shape index (κ2) is 2.52. The van der Waals surface area contributed by atoms with Crippen LogP contribution in [-0.4, -0.2) is 18.0 Å². The van der Waals surface area contributed by atoms with E-state index in [1.54, 1.807) is 10.1 Å². The Bertz CT molecular complexity index is 290. The molecule has 0 fully saturated rings. The van der Waals surface area contributed by atoms with Gasteiger partial charge in [-0.1, -0.05) is 0 Å². The highest BCUT2D eigenvalue weighted by atomic mass is 32.2. The quantitative estimate of drug-likeness (QED) is 0.644. The number of aromatic nitrogens is 1. The minimum atomic E-state index is -4.15. The van der Waals surface area contributed by atoms with Crippen LogP contribution in [0.15, 0.2) is 11.6 Å². The van der Waals surface area contributed by atoms with Crippen LogP contribution in [0.25, 0.3) is 0 Å². The van der Waals surface area contributed by atoms with Crippen LogP contribution in [-0.2, 0) is 10.3 Å². The lowest BCUT2D eigenvalue weighted by atomic mass is 11.0. The van der Waals surface area contributed by atoms with Crippen molar-refractivity contribution in [2.45, 2.75) is 0 Å². The van der Waals surface area contributed by atoms with E-state index in [-0.39, 0.29) is 5.13 Å². The van der Waals surface area contributed by atoms with Crippen LogP contribution in [0.5, 0.6) is 0 Å². The molecule has 0 radical (unpaired) electrons. The van der Waals surface area contributed by atoms with Crippen molar-refractivity contribution in [1.29, 1.82) is 0 Å². The molecule has 0 amide bonds. The van der Waals surface area contributed by atoms with Gasteiger partial charge in [-0.2, -0.15) is 8.42 Å². The normalized spacial score (nSPS) is 11.3. The van der Waals surface area contributed by atoms with E-state index in [1.807, 2.05) is 0 Å². The van der Waals surface area contributed by atoms with Crippen molar-refractivity contribution >= 4 is 26.8 Å². The third-order valence-electron chi connectivity index (χ3n) is 0.649. The van der Waals surface area contributed by atoms with Crippen LogP contribution in [0.1, 0.15) is 0 Å². The van der Waals surface area contributed by atoms with Gasteiger partial charge in [0.1, 0.15) is 0 Å². The SMILES string of the molecule is O=S(=O)(O)Nc1nccs1. The van der Waals surface area contributed by atoms with E-state index in [0.717, 1.165) is 11.3 Å². The summed E-state index contributed by atoms with van der Waals surface area (Å²) in [6.07, 6.45) is 1.43. The molecule has 10 heavy (non-hydrogen) atoms. The summed E-state index contributed by atoms with van der Waals surface area (Å²) in [6.45, 7) is 0. The fourth-order valence-corrected chi connectivity index (χ4v) is 1.54. The van der Waals surface area contributed by atoms with Gasteiger partial charge in [-0.15, -0.1) is 11.3 Å². The molecule has 0 unspecified atom stereocenters. The zero-order chi connectivity index (χ0) is 7.61. The number of nitrogens with one attached hydrogen (secondary N) is 1. The number of hydrogen-bond donors (Lipinski definition) is 2. The molecule has 56 valence electrons. The maximum atomic E-state index is 10.1. The summed E-state index contributed by atoms with van der Waals surface area (Å²) in [6, 6.07) is 0. The Kier molecular flexibility index (Phi) is 1.88. The molecule has 0 aliphatic carbocycles. The molecule has 1 heterocycles. The fourth-order valence-electron chi connectivity index (χ4n) is 0.384. The lowest BCUT2D eigenvalue weighted by molar-refractivity contribution is 0.489. The van der Waals surface area contributed by atoms with E-state index in [2.05, 4.69) is 4.98 Å². The highest BCUT2D eigenvalue weighted by molar-refractivity contribution is 7.87. The third kappa shape index (κ3) is 2.29. The average Bonchev–Trinajstić information content (AvgIpc) is 2.12. The molecule has 1 rings (SSSR count). The predicted molar refractivity (Wildman–Crippen MR) is 37.3 cm³/mol. The Morgan fingerprint density at radius 3 is 2.80 bits per heavy atom. The van der Waals surface area contributed by atoms with Crippen molar-refractivity contribution in [3.63, 3.8) is 0 Å². The lowest BCUT2D eigenvalue weighted by Crippen LogP contribution is -2.09. The molecule has 1 aromatic rings. The summed E-state index contributed by atoms with van der Waals surface area (Å²) in [4.78, 5) is 3.57. The van der Waals surface area contributed by atoms with Crippen LogP contribution < -0.4 is 4.72 Å². The monoisotopic (exact) mass is 180 g/mol. The van der Waals surface area contributed by atoms with Crippen LogP contribution in [0.3, 0.4) is 0 Å². The largest absolute Gasteiger partial charge is 0.359 e. The number of anilines is 1. The van der Waals surface area contributed by atoms with Gasteiger partial charge in [0.15, 0.2) is 5.13 Å². The smallest absolute Gasteiger partial charge is 0.269 e. The Balaban J connectivity index is 2.75. The predicted octanol–water partition coefficient (Wildman–Crippen LogP) is 0.358. The van der Waals surface area contributed by atoms with E-state index in [0.29, 0.717) is 0 Å². The maximum absolute atomic E-state index is 10.1. The second-order valence-electron chi connectivity index (χ2n) is 1.41. The molecule has 2 N–H and O–H groups in total. The van der Waals surface area contributed by atoms with E-state index in [1.165, 1.54) is 6.20 Å². The average molecular weight is 180 g/mol. The van der Waals surface area contributed by atoms with Gasteiger partial charge in [-0.3, -0.25) is 4.55 Å². The second-order valence-corrected chi connectivity index (χ2v) is 3.46. The first-order valence-electron chi connectivity index (χ1n) is 2.22. The Morgan fingerprint density at radius 1 is 1.70 bits per heavy atom. The van der Waals surface area contributed by atoms with Crippen LogP contribution in [0, 0.1) is 0 Å². The first-order chi connectivity index (χ1) is 4.58. The van der Waals surface area contributed by atoms with Crippen molar-refractivity contribution in [1.82, 2.24) is 4.98 Å². The van der Waals surface area contributed by atoms with E-state index in [9.17, 15) is 8.42 Å². The van der Waals surface area contributed by atoms with Gasteiger partial charge in [0.05, 0.1) is 0 Å². The molecule has 0 aliphatic rings. The molecule has 0 spiro atoms. The molecule has 0 saturated carbocycles. The summed E-state index contributed by atoms with van der Waals surface area (Å²) < 4.78 is 30.2. The fraction of sp³-hybridized carbons (Fsp3) is 0. The number of rotatable bonds is 2. The summed E-state index contributed by atoms with van der Waals surface area (Å²) in [5.74, 6) is 0. The highest BCUT2D eigenvalue weighted by Crippen LogP contribution is 2.10. The minimum Gasteiger partial charge on any atom is -0.269 e. The summed E-state index contributed by atoms with van der Waals surface area (Å²) in [5.41, 5.74) is 0. The lowest BCUT2D eigenvalue weighted by Gasteiger charge is -1.93. The Hall–Kier alpha value is -0.660. The molecule has 7 heteroatoms. The van der Waals surface area contributed by atoms with Gasteiger partial charge in [-0.05, 0) is 0 Å². The van der Waals surface area contributed by atoms with Crippen LogP contribution in [0.4, 0.5) is 5.13 Å². The first-order valence-corrected chi connectivity index (χ1v) is 4.54. The molecular formula is C3H4N2O3S2. The standard InChI is InChI=1S/C3H4N2O3S2/c6-10(7,8)5-3-4-1-2-9-3/h1-2H,(H,4,5)(H,6,7,8). The Labute approximate surface area is 61.6 Å². The van der Waals surface area contributed by atoms with Crippen LogP contribution >= 0.6 is 11.3 Å². The van der Waals surface area contributed by atoms with Crippen molar-refractivity contribution in [2.24, 2.45) is 0 Å². The highest BCUT2D eigenvalue weighted by Gasteiger charge is 2.03. The van der Waals surface area contributed by atoms with Gasteiger partial charge in [0, 0.05) is 11.6 Å². The topological polar surface area (TPSA) is 79.3 Å². The van der Waals surface area contributed by atoms with E-state index in [4.69, 9.17) is 4.55 Å². The maximum Gasteiger partial charge on any atom is 0.359 e. The molecule has 1 aromatic heterocycles. The van der Waals surface area contributed by atoms with Crippen molar-refractivity contribution < 1.29 is 13.0 Å². The molecule has 0 aromatic carbocycles. The third-order valence-corrected chi connectivity index (χ3v) is 1.92. The van der Waals surface area contributed by atoms with Gasteiger partial charge in [0.2, 0.25) is 0 Å². The zero-order valence-corrected chi connectivity index (χ0v) is 6.32. The summed E-state index contributed by atoms with van der Waals surface area (Å²) in [5, 5.41) is 1.75. The zero-order valence-electron chi connectivity index (χ0n) is 4.68. The van der Waals surface area contributed by atoms with Crippen molar-refractivity contribution in [3.05, 3.63) is 11.6 Å². The van der Waals surface area contributed by atoms with Gasteiger partial charge in [-0.25, -0.2) is 9.71 Å². The van der Waals surface area contributed by atoms with Crippen molar-refractivity contribution in [2.75, 3.05) is 4.72 Å². The molecular weight excluding hydrogens is 176 g/mol.